The number of hydrazone groups is 1. The van der Waals surface area contributed by atoms with E-state index in [0.717, 1.165) is 5.56 Å². The Kier molecular flexibility index (Phi) is 6.56. The van der Waals surface area contributed by atoms with Crippen molar-refractivity contribution < 1.29 is 19.0 Å². The van der Waals surface area contributed by atoms with E-state index in [1.165, 1.54) is 11.3 Å². The van der Waals surface area contributed by atoms with Gasteiger partial charge in [-0.15, -0.1) is 11.3 Å². The third-order valence-corrected chi connectivity index (χ3v) is 3.78. The first kappa shape index (κ1) is 17.7. The predicted octanol–water partition coefficient (Wildman–Crippen LogP) is 2.71. The molecule has 0 saturated carbocycles. The molecule has 24 heavy (non-hydrogen) atoms. The molecule has 0 unspecified atom stereocenters. The lowest BCUT2D eigenvalue weighted by atomic mass is 10.2. The van der Waals surface area contributed by atoms with Crippen molar-refractivity contribution in [2.24, 2.45) is 5.10 Å². The Balaban J connectivity index is 1.99. The van der Waals surface area contributed by atoms with Crippen LogP contribution in [0.4, 0.5) is 5.13 Å². The fourth-order valence-electron chi connectivity index (χ4n) is 1.90. The molecule has 1 heterocycles. The number of aromatic nitrogens is 1. The molecule has 0 atom stereocenters. The Bertz CT molecular complexity index is 715. The van der Waals surface area contributed by atoms with Gasteiger partial charge in [-0.1, -0.05) is 0 Å². The highest BCUT2D eigenvalue weighted by molar-refractivity contribution is 7.13. The van der Waals surface area contributed by atoms with Crippen LogP contribution in [-0.2, 0) is 16.0 Å². The lowest BCUT2D eigenvalue weighted by Gasteiger charge is -2.06. The summed E-state index contributed by atoms with van der Waals surface area (Å²) < 4.78 is 15.4. The summed E-state index contributed by atoms with van der Waals surface area (Å²) in [5.41, 5.74) is 4.26. The monoisotopic (exact) mass is 349 g/mol. The highest BCUT2D eigenvalue weighted by atomic mass is 32.1. The van der Waals surface area contributed by atoms with Gasteiger partial charge in [0.15, 0.2) is 0 Å². The van der Waals surface area contributed by atoms with Gasteiger partial charge in [-0.3, -0.25) is 10.2 Å². The van der Waals surface area contributed by atoms with Gasteiger partial charge < -0.3 is 14.2 Å². The lowest BCUT2D eigenvalue weighted by Crippen LogP contribution is -2.07. The van der Waals surface area contributed by atoms with Crippen LogP contribution in [0.15, 0.2) is 28.7 Å². The number of hydrogen-bond acceptors (Lipinski definition) is 8. The van der Waals surface area contributed by atoms with Gasteiger partial charge in [-0.05, 0) is 25.1 Å². The molecule has 2 rings (SSSR count). The highest BCUT2D eigenvalue weighted by Gasteiger charge is 2.08. The fourth-order valence-corrected chi connectivity index (χ4v) is 2.56. The van der Waals surface area contributed by atoms with E-state index in [9.17, 15) is 4.79 Å². The van der Waals surface area contributed by atoms with E-state index in [0.29, 0.717) is 28.9 Å². The van der Waals surface area contributed by atoms with Crippen LogP contribution in [-0.4, -0.2) is 38.0 Å². The number of ether oxygens (including phenoxy) is 3. The summed E-state index contributed by atoms with van der Waals surface area (Å²) in [5.74, 6) is 1.10. The van der Waals surface area contributed by atoms with E-state index in [2.05, 4.69) is 15.5 Å². The number of anilines is 1. The quantitative estimate of drug-likeness (QED) is 0.448. The van der Waals surface area contributed by atoms with Gasteiger partial charge >= 0.3 is 5.97 Å². The van der Waals surface area contributed by atoms with Gasteiger partial charge in [0, 0.05) is 10.9 Å². The Labute approximate surface area is 144 Å². The second kappa shape index (κ2) is 8.88. The van der Waals surface area contributed by atoms with E-state index in [-0.39, 0.29) is 12.4 Å². The highest BCUT2D eigenvalue weighted by Crippen LogP contribution is 2.22. The van der Waals surface area contributed by atoms with Crippen LogP contribution in [0.5, 0.6) is 11.5 Å². The molecule has 1 N–H and O–H groups in total. The Morgan fingerprint density at radius 1 is 1.38 bits per heavy atom. The minimum absolute atomic E-state index is 0.152. The maximum atomic E-state index is 11.4. The summed E-state index contributed by atoms with van der Waals surface area (Å²) in [6.45, 7) is 2.13. The molecule has 0 fully saturated rings. The fraction of sp³-hybridized carbons (Fsp3) is 0.312. The molecule has 0 bridgehead atoms. The summed E-state index contributed by atoms with van der Waals surface area (Å²) in [4.78, 5) is 15.7. The first-order valence-electron chi connectivity index (χ1n) is 7.27. The van der Waals surface area contributed by atoms with E-state index >= 15 is 0 Å². The SMILES string of the molecule is CCOC(=O)Cc1csc(N/N=C\c2cc(OC)ccc2OC)n1. The van der Waals surface area contributed by atoms with E-state index < -0.39 is 0 Å². The zero-order valence-electron chi connectivity index (χ0n) is 13.7. The number of methoxy groups -OCH3 is 2. The van der Waals surface area contributed by atoms with Crippen molar-refractivity contribution in [1.82, 2.24) is 4.98 Å². The third kappa shape index (κ3) is 4.95. The molecule has 0 spiro atoms. The van der Waals surface area contributed by atoms with Gasteiger partial charge in [0.2, 0.25) is 5.13 Å². The second-order valence-electron chi connectivity index (χ2n) is 4.60. The molecule has 8 heteroatoms. The molecule has 128 valence electrons. The summed E-state index contributed by atoms with van der Waals surface area (Å²) in [7, 11) is 3.19. The predicted molar refractivity (Wildman–Crippen MR) is 93.2 cm³/mol. The number of carbonyl (C=O) groups excluding carboxylic acids is 1. The molecule has 0 radical (unpaired) electrons. The van der Waals surface area contributed by atoms with Gasteiger partial charge in [0.25, 0.3) is 0 Å². The summed E-state index contributed by atoms with van der Waals surface area (Å²) in [5, 5.41) is 6.53. The van der Waals surface area contributed by atoms with E-state index in [1.807, 2.05) is 12.1 Å². The molecule has 2 aromatic rings. The van der Waals surface area contributed by atoms with Crippen LogP contribution in [0.2, 0.25) is 0 Å². The molecular formula is C16H19N3O4S. The lowest BCUT2D eigenvalue weighted by molar-refractivity contribution is -0.142. The van der Waals surface area contributed by atoms with Crippen LogP contribution in [0, 0.1) is 0 Å². The minimum atomic E-state index is -0.293. The first-order chi connectivity index (χ1) is 11.7. The van der Waals surface area contributed by atoms with Crippen LogP contribution in [0.25, 0.3) is 0 Å². The second-order valence-corrected chi connectivity index (χ2v) is 5.46. The van der Waals surface area contributed by atoms with E-state index in [1.54, 1.807) is 38.8 Å². The molecular weight excluding hydrogens is 330 g/mol. The van der Waals surface area contributed by atoms with Crippen molar-refractivity contribution in [3.05, 3.63) is 34.8 Å². The number of carbonyl (C=O) groups is 1. The molecule has 7 nitrogen and oxygen atoms in total. The van der Waals surface area contributed by atoms with Gasteiger partial charge in [0.1, 0.15) is 11.5 Å². The number of nitrogens with one attached hydrogen (secondary N) is 1. The van der Waals surface area contributed by atoms with Crippen molar-refractivity contribution >= 4 is 28.7 Å². The van der Waals surface area contributed by atoms with Crippen LogP contribution in [0.3, 0.4) is 0 Å². The maximum absolute atomic E-state index is 11.4. The van der Waals surface area contributed by atoms with Gasteiger partial charge in [0.05, 0.1) is 39.2 Å². The first-order valence-corrected chi connectivity index (χ1v) is 8.15. The number of rotatable bonds is 8. The molecule has 1 aromatic carbocycles. The minimum Gasteiger partial charge on any atom is -0.497 e. The Hall–Kier alpha value is -2.61. The molecule has 0 amide bonds. The van der Waals surface area contributed by atoms with E-state index in [4.69, 9.17) is 14.2 Å². The van der Waals surface area contributed by atoms with Crippen molar-refractivity contribution in [1.29, 1.82) is 0 Å². The zero-order valence-corrected chi connectivity index (χ0v) is 14.6. The number of esters is 1. The molecule has 0 aliphatic heterocycles. The number of benzene rings is 1. The number of nitrogens with zero attached hydrogens (tertiary/aromatic N) is 2. The summed E-state index contributed by atoms with van der Waals surface area (Å²) >= 11 is 1.36. The van der Waals surface area contributed by atoms with Crippen molar-refractivity contribution in [2.45, 2.75) is 13.3 Å². The van der Waals surface area contributed by atoms with Gasteiger partial charge in [-0.2, -0.15) is 5.10 Å². The third-order valence-electron chi connectivity index (χ3n) is 2.98. The topological polar surface area (TPSA) is 82.0 Å². The van der Waals surface area contributed by atoms with Crippen molar-refractivity contribution in [3.63, 3.8) is 0 Å². The average molecular weight is 349 g/mol. The van der Waals surface area contributed by atoms with Crippen LogP contribution >= 0.6 is 11.3 Å². The zero-order chi connectivity index (χ0) is 17.4. The van der Waals surface area contributed by atoms with Gasteiger partial charge in [-0.25, -0.2) is 4.98 Å². The van der Waals surface area contributed by atoms with Crippen LogP contribution < -0.4 is 14.9 Å². The van der Waals surface area contributed by atoms with Crippen LogP contribution in [0.1, 0.15) is 18.2 Å². The molecule has 0 saturated heterocycles. The standard InChI is InChI=1S/C16H19N3O4S/c1-4-23-15(20)8-12-10-24-16(18-12)19-17-9-11-7-13(21-2)5-6-14(11)22-3/h5-7,9-10H,4,8H2,1-3H3,(H,18,19)/b17-9-. The number of thiazole rings is 1. The average Bonchev–Trinajstić information content (AvgIpc) is 3.02. The van der Waals surface area contributed by atoms with Crippen molar-refractivity contribution in [3.8, 4) is 11.5 Å². The Morgan fingerprint density at radius 2 is 2.21 bits per heavy atom. The normalized spacial score (nSPS) is 10.6. The largest absolute Gasteiger partial charge is 0.497 e. The Morgan fingerprint density at radius 3 is 2.92 bits per heavy atom. The smallest absolute Gasteiger partial charge is 0.311 e. The summed E-state index contributed by atoms with van der Waals surface area (Å²) in [6, 6.07) is 5.44. The molecule has 0 aliphatic rings. The molecule has 0 aliphatic carbocycles. The van der Waals surface area contributed by atoms with Crippen molar-refractivity contribution in [2.75, 3.05) is 26.3 Å². The summed E-state index contributed by atoms with van der Waals surface area (Å²) in [6.07, 6.45) is 1.77. The number of hydrogen-bond donors (Lipinski definition) is 1. The molecule has 1 aromatic heterocycles. The maximum Gasteiger partial charge on any atom is 0.311 e.